The maximum Gasteiger partial charge on any atom is 0.163 e. The minimum atomic E-state index is 0.759. The molecule has 4 heteroatoms. The summed E-state index contributed by atoms with van der Waals surface area (Å²) in [5.74, 6) is 1.81. The quantitative estimate of drug-likeness (QED) is 0.720. The lowest BCUT2D eigenvalue weighted by molar-refractivity contribution is 0.414. The van der Waals surface area contributed by atoms with Gasteiger partial charge in [-0.15, -0.1) is 10.2 Å². The van der Waals surface area contributed by atoms with Crippen molar-refractivity contribution in [2.45, 2.75) is 13.3 Å². The lowest BCUT2D eigenvalue weighted by Gasteiger charge is -2.03. The second kappa shape index (κ2) is 4.72. The molecule has 0 saturated heterocycles. The molecule has 96 valence electrons. The number of methoxy groups -OCH3 is 1. The van der Waals surface area contributed by atoms with Gasteiger partial charge < -0.3 is 4.74 Å². The number of benzene rings is 1. The van der Waals surface area contributed by atoms with Crippen molar-refractivity contribution < 1.29 is 4.74 Å². The summed E-state index contributed by atoms with van der Waals surface area (Å²) in [6, 6.07) is 12.1. The third kappa shape index (κ3) is 2.17. The zero-order chi connectivity index (χ0) is 13.2. The van der Waals surface area contributed by atoms with Crippen LogP contribution in [0.25, 0.3) is 5.65 Å². The second-order valence-corrected chi connectivity index (χ2v) is 4.53. The van der Waals surface area contributed by atoms with Gasteiger partial charge in [-0.05, 0) is 36.2 Å². The van der Waals surface area contributed by atoms with E-state index in [1.54, 1.807) is 7.11 Å². The average Bonchev–Trinajstić information content (AvgIpc) is 2.84. The molecule has 2 heterocycles. The number of aryl methyl sites for hydroxylation is 1. The molecule has 3 aromatic rings. The summed E-state index contributed by atoms with van der Waals surface area (Å²) >= 11 is 0. The Morgan fingerprint density at radius 2 is 1.89 bits per heavy atom. The molecule has 0 radical (unpaired) electrons. The number of hydrogen-bond donors (Lipinski definition) is 0. The summed E-state index contributed by atoms with van der Waals surface area (Å²) in [6.07, 6.45) is 2.76. The molecular weight excluding hydrogens is 238 g/mol. The summed E-state index contributed by atoms with van der Waals surface area (Å²) in [6.45, 7) is 2.04. The number of fused-ring (bicyclic) bond motifs is 1. The third-order valence-corrected chi connectivity index (χ3v) is 3.22. The smallest absolute Gasteiger partial charge is 0.163 e. The highest BCUT2D eigenvalue weighted by Crippen LogP contribution is 2.15. The van der Waals surface area contributed by atoms with Gasteiger partial charge in [-0.3, -0.25) is 4.40 Å². The van der Waals surface area contributed by atoms with Gasteiger partial charge in [-0.1, -0.05) is 18.2 Å². The molecule has 0 spiro atoms. The summed E-state index contributed by atoms with van der Waals surface area (Å²) in [5, 5.41) is 8.51. The van der Waals surface area contributed by atoms with Gasteiger partial charge in [0.15, 0.2) is 5.65 Å². The maximum atomic E-state index is 5.16. The van der Waals surface area contributed by atoms with Crippen LogP contribution < -0.4 is 4.74 Å². The van der Waals surface area contributed by atoms with Crippen LogP contribution in [0.5, 0.6) is 5.75 Å². The van der Waals surface area contributed by atoms with E-state index in [2.05, 4.69) is 22.3 Å². The van der Waals surface area contributed by atoms with Gasteiger partial charge in [-0.25, -0.2) is 0 Å². The minimum Gasteiger partial charge on any atom is -0.497 e. The molecule has 0 aliphatic heterocycles. The van der Waals surface area contributed by atoms with E-state index in [4.69, 9.17) is 4.74 Å². The summed E-state index contributed by atoms with van der Waals surface area (Å²) in [7, 11) is 1.67. The van der Waals surface area contributed by atoms with Crippen molar-refractivity contribution in [3.05, 3.63) is 59.5 Å². The van der Waals surface area contributed by atoms with Crippen molar-refractivity contribution in [2.75, 3.05) is 7.11 Å². The van der Waals surface area contributed by atoms with Gasteiger partial charge in [0.25, 0.3) is 0 Å². The number of nitrogens with zero attached hydrogens (tertiary/aromatic N) is 3. The van der Waals surface area contributed by atoms with Crippen LogP contribution in [0.15, 0.2) is 42.6 Å². The molecule has 4 nitrogen and oxygen atoms in total. The van der Waals surface area contributed by atoms with Gasteiger partial charge in [0.1, 0.15) is 11.6 Å². The van der Waals surface area contributed by atoms with Gasteiger partial charge in [0, 0.05) is 12.6 Å². The molecular formula is C15H15N3O. The molecule has 0 N–H and O–H groups in total. The van der Waals surface area contributed by atoms with Crippen molar-refractivity contribution >= 4 is 5.65 Å². The van der Waals surface area contributed by atoms with Crippen LogP contribution in [-0.2, 0) is 6.42 Å². The van der Waals surface area contributed by atoms with E-state index in [0.29, 0.717) is 0 Å². The van der Waals surface area contributed by atoms with Gasteiger partial charge in [0.05, 0.1) is 7.11 Å². The minimum absolute atomic E-state index is 0.759. The van der Waals surface area contributed by atoms with Crippen LogP contribution in [0.2, 0.25) is 0 Å². The Labute approximate surface area is 111 Å². The van der Waals surface area contributed by atoms with E-state index >= 15 is 0 Å². The van der Waals surface area contributed by atoms with E-state index in [9.17, 15) is 0 Å². The maximum absolute atomic E-state index is 5.16. The Hall–Kier alpha value is -2.36. The fourth-order valence-corrected chi connectivity index (χ4v) is 2.14. The number of ether oxygens (including phenoxy) is 1. The lowest BCUT2D eigenvalue weighted by atomic mass is 10.1. The Morgan fingerprint density at radius 1 is 1.11 bits per heavy atom. The van der Waals surface area contributed by atoms with Gasteiger partial charge >= 0.3 is 0 Å². The predicted octanol–water partition coefficient (Wildman–Crippen LogP) is 2.64. The molecule has 0 unspecified atom stereocenters. The standard InChI is InChI=1S/C15H15N3O/c1-11-4-3-9-18-14(16-17-15(11)18)10-12-5-7-13(19-2)8-6-12/h3-9H,10H2,1-2H3. The number of pyridine rings is 1. The molecule has 0 aliphatic carbocycles. The van der Waals surface area contributed by atoms with Crippen LogP contribution in [0.3, 0.4) is 0 Å². The highest BCUT2D eigenvalue weighted by Gasteiger charge is 2.07. The van der Waals surface area contributed by atoms with E-state index in [1.807, 2.05) is 41.8 Å². The number of hydrogen-bond acceptors (Lipinski definition) is 3. The predicted molar refractivity (Wildman–Crippen MR) is 73.5 cm³/mol. The van der Waals surface area contributed by atoms with E-state index in [1.165, 1.54) is 5.56 Å². The monoisotopic (exact) mass is 253 g/mol. The van der Waals surface area contributed by atoms with Crippen molar-refractivity contribution in [1.29, 1.82) is 0 Å². The van der Waals surface area contributed by atoms with Gasteiger partial charge in [-0.2, -0.15) is 0 Å². The molecule has 2 aromatic heterocycles. The van der Waals surface area contributed by atoms with Crippen molar-refractivity contribution in [3.63, 3.8) is 0 Å². The fourth-order valence-electron chi connectivity index (χ4n) is 2.14. The Kier molecular flexibility index (Phi) is 2.91. The van der Waals surface area contributed by atoms with E-state index < -0.39 is 0 Å². The highest BCUT2D eigenvalue weighted by atomic mass is 16.5. The number of rotatable bonds is 3. The molecule has 0 saturated carbocycles. The second-order valence-electron chi connectivity index (χ2n) is 4.53. The Morgan fingerprint density at radius 3 is 2.63 bits per heavy atom. The first kappa shape index (κ1) is 11.7. The van der Waals surface area contributed by atoms with Crippen LogP contribution in [0.4, 0.5) is 0 Å². The first-order valence-electron chi connectivity index (χ1n) is 6.20. The largest absolute Gasteiger partial charge is 0.497 e. The van der Waals surface area contributed by atoms with Crippen molar-refractivity contribution in [2.24, 2.45) is 0 Å². The highest BCUT2D eigenvalue weighted by molar-refractivity contribution is 5.46. The Bertz CT molecular complexity index is 701. The summed E-state index contributed by atoms with van der Waals surface area (Å²) < 4.78 is 7.20. The van der Waals surface area contributed by atoms with Crippen LogP contribution in [0.1, 0.15) is 17.0 Å². The molecule has 3 rings (SSSR count). The molecule has 0 bridgehead atoms. The zero-order valence-corrected chi connectivity index (χ0v) is 11.0. The zero-order valence-electron chi connectivity index (χ0n) is 11.0. The van der Waals surface area contributed by atoms with Crippen LogP contribution in [0, 0.1) is 6.92 Å². The SMILES string of the molecule is COc1ccc(Cc2nnc3c(C)cccn23)cc1. The van der Waals surface area contributed by atoms with Crippen LogP contribution >= 0.6 is 0 Å². The molecule has 0 amide bonds. The average molecular weight is 253 g/mol. The molecule has 0 aliphatic rings. The molecule has 1 aromatic carbocycles. The topological polar surface area (TPSA) is 39.4 Å². The van der Waals surface area contributed by atoms with E-state index in [-0.39, 0.29) is 0 Å². The fraction of sp³-hybridized carbons (Fsp3) is 0.200. The molecule has 0 fully saturated rings. The lowest BCUT2D eigenvalue weighted by Crippen LogP contribution is -1.96. The molecule has 19 heavy (non-hydrogen) atoms. The van der Waals surface area contributed by atoms with E-state index in [0.717, 1.165) is 29.2 Å². The normalized spacial score (nSPS) is 10.8. The van der Waals surface area contributed by atoms with Crippen molar-refractivity contribution in [3.8, 4) is 5.75 Å². The third-order valence-electron chi connectivity index (χ3n) is 3.22. The summed E-state index contributed by atoms with van der Waals surface area (Å²) in [4.78, 5) is 0. The van der Waals surface area contributed by atoms with Crippen molar-refractivity contribution in [1.82, 2.24) is 14.6 Å². The number of aromatic nitrogens is 3. The first-order chi connectivity index (χ1) is 9.28. The summed E-state index contributed by atoms with van der Waals surface area (Å²) in [5.41, 5.74) is 3.25. The Balaban J connectivity index is 1.94. The first-order valence-corrected chi connectivity index (χ1v) is 6.20. The van der Waals surface area contributed by atoms with Gasteiger partial charge in [0.2, 0.25) is 0 Å². The van der Waals surface area contributed by atoms with Crippen LogP contribution in [-0.4, -0.2) is 21.7 Å². The molecule has 0 atom stereocenters.